The summed E-state index contributed by atoms with van der Waals surface area (Å²) in [5.74, 6) is -0.471. The Morgan fingerprint density at radius 3 is 2.53 bits per heavy atom. The summed E-state index contributed by atoms with van der Waals surface area (Å²) in [6, 6.07) is 0.106. The topological polar surface area (TPSA) is 20.3 Å². The fourth-order valence-electron chi connectivity index (χ4n) is 3.02. The van der Waals surface area contributed by atoms with E-state index in [2.05, 4.69) is 0 Å². The molecule has 1 heterocycles. The number of hydrogen-bond acceptors (Lipinski definition) is 1. The molecule has 0 aromatic carbocycles. The van der Waals surface area contributed by atoms with Gasteiger partial charge in [0.2, 0.25) is 0 Å². The molecular weight excluding hydrogens is 200 g/mol. The van der Waals surface area contributed by atoms with Crippen LogP contribution in [-0.2, 0) is 4.79 Å². The molecular formula is C11H17F2NO. The number of nitrogens with zero attached hydrogens (tertiary/aromatic N) is 1. The summed E-state index contributed by atoms with van der Waals surface area (Å²) in [5.41, 5.74) is 0. The first kappa shape index (κ1) is 10.8. The number of carbonyl (C=O) groups excluding carboxylic acids is 1. The SMILES string of the molecule is O=C(C(F)F)N1CCC[C@H]2CCCC[C@H]21. The summed E-state index contributed by atoms with van der Waals surface area (Å²) < 4.78 is 24.8. The van der Waals surface area contributed by atoms with Crippen LogP contribution in [-0.4, -0.2) is 29.8 Å². The molecule has 0 aromatic heterocycles. The number of likely N-dealkylation sites (tertiary alicyclic amines) is 1. The maximum atomic E-state index is 12.4. The normalized spacial score (nSPS) is 31.5. The smallest absolute Gasteiger partial charge is 0.315 e. The Hall–Kier alpha value is -0.670. The van der Waals surface area contributed by atoms with Gasteiger partial charge in [0.05, 0.1) is 0 Å². The van der Waals surface area contributed by atoms with E-state index in [1.807, 2.05) is 0 Å². The summed E-state index contributed by atoms with van der Waals surface area (Å²) >= 11 is 0. The third-order valence-corrected chi connectivity index (χ3v) is 3.71. The van der Waals surface area contributed by atoms with E-state index in [1.54, 1.807) is 0 Å². The third kappa shape index (κ3) is 2.13. The summed E-state index contributed by atoms with van der Waals surface area (Å²) in [4.78, 5) is 12.8. The molecule has 2 aliphatic rings. The molecule has 0 unspecified atom stereocenters. The Kier molecular flexibility index (Phi) is 3.22. The zero-order chi connectivity index (χ0) is 10.8. The van der Waals surface area contributed by atoms with E-state index in [-0.39, 0.29) is 6.04 Å². The monoisotopic (exact) mass is 217 g/mol. The predicted octanol–water partition coefficient (Wildman–Crippen LogP) is 2.43. The van der Waals surface area contributed by atoms with Crippen LogP contribution in [0.5, 0.6) is 0 Å². The van der Waals surface area contributed by atoms with Gasteiger partial charge in [0.15, 0.2) is 0 Å². The molecule has 1 saturated carbocycles. The average molecular weight is 217 g/mol. The highest BCUT2D eigenvalue weighted by Gasteiger charge is 2.38. The van der Waals surface area contributed by atoms with E-state index in [1.165, 1.54) is 11.3 Å². The van der Waals surface area contributed by atoms with Gasteiger partial charge in [0.25, 0.3) is 5.91 Å². The molecule has 15 heavy (non-hydrogen) atoms. The maximum Gasteiger partial charge on any atom is 0.315 e. The second-order valence-electron chi connectivity index (χ2n) is 4.59. The average Bonchev–Trinajstić information content (AvgIpc) is 2.27. The van der Waals surface area contributed by atoms with E-state index in [9.17, 15) is 13.6 Å². The van der Waals surface area contributed by atoms with Crippen molar-refractivity contribution in [3.05, 3.63) is 0 Å². The largest absolute Gasteiger partial charge is 0.334 e. The second kappa shape index (κ2) is 4.45. The molecule has 2 rings (SSSR count). The first-order chi connectivity index (χ1) is 7.20. The molecule has 0 N–H and O–H groups in total. The number of hydrogen-bond donors (Lipinski definition) is 0. The van der Waals surface area contributed by atoms with Gasteiger partial charge in [-0.2, -0.15) is 8.78 Å². The molecule has 2 fully saturated rings. The molecule has 0 aromatic rings. The summed E-state index contributed by atoms with van der Waals surface area (Å²) in [6.45, 7) is 0.532. The van der Waals surface area contributed by atoms with E-state index in [4.69, 9.17) is 0 Å². The van der Waals surface area contributed by atoms with Crippen molar-refractivity contribution in [2.24, 2.45) is 5.92 Å². The van der Waals surface area contributed by atoms with Crippen LogP contribution in [0.4, 0.5) is 8.78 Å². The van der Waals surface area contributed by atoms with Crippen molar-refractivity contribution in [1.29, 1.82) is 0 Å². The fourth-order valence-corrected chi connectivity index (χ4v) is 3.02. The Morgan fingerprint density at radius 2 is 1.80 bits per heavy atom. The van der Waals surface area contributed by atoms with Crippen LogP contribution < -0.4 is 0 Å². The van der Waals surface area contributed by atoms with Gasteiger partial charge in [-0.15, -0.1) is 0 Å². The predicted molar refractivity (Wildman–Crippen MR) is 52.7 cm³/mol. The zero-order valence-corrected chi connectivity index (χ0v) is 8.79. The van der Waals surface area contributed by atoms with Crippen LogP contribution in [0, 0.1) is 5.92 Å². The van der Waals surface area contributed by atoms with Crippen LogP contribution in [0.3, 0.4) is 0 Å². The van der Waals surface area contributed by atoms with Crippen molar-refractivity contribution in [2.75, 3.05) is 6.54 Å². The van der Waals surface area contributed by atoms with Crippen LogP contribution in [0.1, 0.15) is 38.5 Å². The van der Waals surface area contributed by atoms with Crippen LogP contribution in [0.25, 0.3) is 0 Å². The minimum absolute atomic E-state index is 0.106. The minimum atomic E-state index is -2.83. The molecule has 4 heteroatoms. The number of amides is 1. The summed E-state index contributed by atoms with van der Waals surface area (Å²) in [7, 11) is 0. The van der Waals surface area contributed by atoms with E-state index < -0.39 is 12.3 Å². The number of halogens is 2. The zero-order valence-electron chi connectivity index (χ0n) is 8.79. The lowest BCUT2D eigenvalue weighted by Crippen LogP contribution is -2.51. The van der Waals surface area contributed by atoms with Crippen LogP contribution in [0.2, 0.25) is 0 Å². The van der Waals surface area contributed by atoms with Crippen molar-refractivity contribution < 1.29 is 13.6 Å². The number of piperidine rings is 1. The molecule has 0 bridgehead atoms. The number of rotatable bonds is 1. The highest BCUT2D eigenvalue weighted by molar-refractivity contribution is 5.79. The maximum absolute atomic E-state index is 12.4. The molecule has 86 valence electrons. The van der Waals surface area contributed by atoms with Gasteiger partial charge < -0.3 is 4.90 Å². The number of alkyl halides is 2. The van der Waals surface area contributed by atoms with Crippen LogP contribution >= 0.6 is 0 Å². The van der Waals surface area contributed by atoms with E-state index in [0.29, 0.717) is 12.5 Å². The van der Waals surface area contributed by atoms with Gasteiger partial charge >= 0.3 is 6.43 Å². The van der Waals surface area contributed by atoms with Crippen molar-refractivity contribution in [3.63, 3.8) is 0 Å². The Morgan fingerprint density at radius 1 is 1.13 bits per heavy atom. The van der Waals surface area contributed by atoms with Crippen molar-refractivity contribution >= 4 is 5.91 Å². The number of carbonyl (C=O) groups is 1. The molecule has 0 radical (unpaired) electrons. The van der Waals surface area contributed by atoms with Crippen molar-refractivity contribution in [3.8, 4) is 0 Å². The first-order valence-corrected chi connectivity index (χ1v) is 5.79. The summed E-state index contributed by atoms with van der Waals surface area (Å²) in [5, 5.41) is 0. The van der Waals surface area contributed by atoms with Gasteiger partial charge in [-0.25, -0.2) is 0 Å². The standard InChI is InChI=1S/C11H17F2NO/c12-10(13)11(15)14-7-3-5-8-4-1-2-6-9(8)14/h8-10H,1-7H2/t8-,9-/m1/s1. The van der Waals surface area contributed by atoms with E-state index >= 15 is 0 Å². The molecule has 0 spiro atoms. The van der Waals surface area contributed by atoms with Gasteiger partial charge in [-0.3, -0.25) is 4.79 Å². The Bertz CT molecular complexity index is 243. The third-order valence-electron chi connectivity index (χ3n) is 3.71. The molecule has 1 amide bonds. The van der Waals surface area contributed by atoms with Gasteiger partial charge in [0, 0.05) is 12.6 Å². The van der Waals surface area contributed by atoms with Gasteiger partial charge in [-0.05, 0) is 31.6 Å². The highest BCUT2D eigenvalue weighted by atomic mass is 19.3. The second-order valence-corrected chi connectivity index (χ2v) is 4.59. The molecule has 2 atom stereocenters. The highest BCUT2D eigenvalue weighted by Crippen LogP contribution is 2.35. The van der Waals surface area contributed by atoms with E-state index in [0.717, 1.165) is 32.1 Å². The first-order valence-electron chi connectivity index (χ1n) is 5.79. The fraction of sp³-hybridized carbons (Fsp3) is 0.909. The number of fused-ring (bicyclic) bond motifs is 1. The Balaban J connectivity index is 2.06. The minimum Gasteiger partial charge on any atom is -0.334 e. The lowest BCUT2D eigenvalue weighted by Gasteiger charge is -2.43. The van der Waals surface area contributed by atoms with Gasteiger partial charge in [-0.1, -0.05) is 12.8 Å². The summed E-state index contributed by atoms with van der Waals surface area (Å²) in [6.07, 6.45) is 3.47. The quantitative estimate of drug-likeness (QED) is 0.660. The molecule has 1 aliphatic carbocycles. The lowest BCUT2D eigenvalue weighted by atomic mass is 9.78. The molecule has 2 nitrogen and oxygen atoms in total. The van der Waals surface area contributed by atoms with Crippen LogP contribution in [0.15, 0.2) is 0 Å². The van der Waals surface area contributed by atoms with Crippen molar-refractivity contribution in [2.45, 2.75) is 51.0 Å². The van der Waals surface area contributed by atoms with Gasteiger partial charge in [0.1, 0.15) is 0 Å². The Labute approximate surface area is 88.6 Å². The lowest BCUT2D eigenvalue weighted by molar-refractivity contribution is -0.149. The molecule has 1 saturated heterocycles. The molecule has 1 aliphatic heterocycles. The van der Waals surface area contributed by atoms with Crippen molar-refractivity contribution in [1.82, 2.24) is 4.90 Å².